The quantitative estimate of drug-likeness (QED) is 0.559. The van der Waals surface area contributed by atoms with Gasteiger partial charge in [0.05, 0.1) is 18.4 Å². The molecular formula is C21H20N2O3S2. The van der Waals surface area contributed by atoms with Crippen LogP contribution in [-0.4, -0.2) is 41.2 Å². The van der Waals surface area contributed by atoms with E-state index in [0.29, 0.717) is 28.7 Å². The summed E-state index contributed by atoms with van der Waals surface area (Å²) in [6.45, 7) is 0.700. The van der Waals surface area contributed by atoms with Crippen molar-refractivity contribution in [1.82, 2.24) is 10.2 Å². The normalized spacial score (nSPS) is 15.2. The van der Waals surface area contributed by atoms with Gasteiger partial charge in [0.25, 0.3) is 5.91 Å². The highest BCUT2D eigenvalue weighted by molar-refractivity contribution is 8.26. The summed E-state index contributed by atoms with van der Waals surface area (Å²) in [4.78, 5) is 26.8. The Kier molecular flexibility index (Phi) is 6.84. The first-order valence-electron chi connectivity index (χ1n) is 8.77. The Balaban J connectivity index is 1.55. The summed E-state index contributed by atoms with van der Waals surface area (Å²) < 4.78 is 5.71. The predicted octanol–water partition coefficient (Wildman–Crippen LogP) is 3.26. The standard InChI is InChI=1S/C21H20N2O3S2/c1-26-17-9-5-8-16(12-17)13-18-20(25)23(21(27)28-18)11-10-22-19(24)14-15-6-3-2-4-7-15/h2-9,12-13H,10-11,14H2,1H3,(H,22,24)/b18-13+. The number of thiocarbonyl (C=S) groups is 1. The molecule has 144 valence electrons. The smallest absolute Gasteiger partial charge is 0.266 e. The number of nitrogens with one attached hydrogen (secondary N) is 1. The van der Waals surface area contributed by atoms with E-state index < -0.39 is 0 Å². The first-order valence-corrected chi connectivity index (χ1v) is 9.99. The molecule has 2 amide bonds. The van der Waals surface area contributed by atoms with E-state index in [1.54, 1.807) is 13.2 Å². The minimum absolute atomic E-state index is 0.0800. The number of nitrogens with zero attached hydrogens (tertiary/aromatic N) is 1. The summed E-state index contributed by atoms with van der Waals surface area (Å²) in [6.07, 6.45) is 2.12. The van der Waals surface area contributed by atoms with Gasteiger partial charge in [-0.25, -0.2) is 0 Å². The summed E-state index contributed by atoms with van der Waals surface area (Å²) in [5.41, 5.74) is 1.82. The van der Waals surface area contributed by atoms with Gasteiger partial charge in [0.2, 0.25) is 5.91 Å². The van der Waals surface area contributed by atoms with Crippen molar-refractivity contribution in [2.75, 3.05) is 20.2 Å². The van der Waals surface area contributed by atoms with E-state index in [0.717, 1.165) is 16.9 Å². The molecule has 2 aromatic carbocycles. The van der Waals surface area contributed by atoms with Crippen molar-refractivity contribution in [2.45, 2.75) is 6.42 Å². The number of ether oxygens (including phenoxy) is 1. The van der Waals surface area contributed by atoms with Gasteiger partial charge < -0.3 is 10.1 Å². The van der Waals surface area contributed by atoms with E-state index in [4.69, 9.17) is 17.0 Å². The summed E-state index contributed by atoms with van der Waals surface area (Å²) in [5, 5.41) is 2.84. The molecule has 0 aromatic heterocycles. The average Bonchev–Trinajstić information content (AvgIpc) is 2.96. The third-order valence-electron chi connectivity index (χ3n) is 4.13. The zero-order valence-corrected chi connectivity index (χ0v) is 17.0. The molecule has 1 saturated heterocycles. The summed E-state index contributed by atoms with van der Waals surface area (Å²) in [5.74, 6) is 0.504. The number of hydrogen-bond acceptors (Lipinski definition) is 5. The highest BCUT2D eigenvalue weighted by atomic mass is 32.2. The van der Waals surface area contributed by atoms with Crippen LogP contribution in [0.15, 0.2) is 59.5 Å². The van der Waals surface area contributed by atoms with Crippen molar-refractivity contribution in [3.63, 3.8) is 0 Å². The van der Waals surface area contributed by atoms with Crippen LogP contribution < -0.4 is 10.1 Å². The Bertz CT molecular complexity index is 913. The van der Waals surface area contributed by atoms with Crippen LogP contribution in [0.3, 0.4) is 0 Å². The maximum absolute atomic E-state index is 12.6. The Morgan fingerprint density at radius 3 is 2.75 bits per heavy atom. The van der Waals surface area contributed by atoms with Crippen LogP contribution in [-0.2, 0) is 16.0 Å². The van der Waals surface area contributed by atoms with Crippen LogP contribution in [0.4, 0.5) is 0 Å². The number of amides is 2. The number of carbonyl (C=O) groups excluding carboxylic acids is 2. The SMILES string of the molecule is COc1cccc(/C=C2/SC(=S)N(CCNC(=O)Cc3ccccc3)C2=O)c1. The molecule has 1 N–H and O–H groups in total. The largest absolute Gasteiger partial charge is 0.497 e. The molecule has 1 heterocycles. The molecule has 28 heavy (non-hydrogen) atoms. The van der Waals surface area contributed by atoms with E-state index in [-0.39, 0.29) is 11.8 Å². The topological polar surface area (TPSA) is 58.6 Å². The van der Waals surface area contributed by atoms with Gasteiger partial charge in [-0.15, -0.1) is 0 Å². The monoisotopic (exact) mass is 412 g/mol. The van der Waals surface area contributed by atoms with E-state index >= 15 is 0 Å². The molecule has 5 nitrogen and oxygen atoms in total. The fourth-order valence-corrected chi connectivity index (χ4v) is 4.03. The highest BCUT2D eigenvalue weighted by Crippen LogP contribution is 2.32. The number of thioether (sulfide) groups is 1. The van der Waals surface area contributed by atoms with Crippen molar-refractivity contribution in [2.24, 2.45) is 0 Å². The number of carbonyl (C=O) groups is 2. The van der Waals surface area contributed by atoms with Crippen molar-refractivity contribution in [1.29, 1.82) is 0 Å². The molecule has 1 aliphatic heterocycles. The van der Waals surface area contributed by atoms with Crippen LogP contribution >= 0.6 is 24.0 Å². The van der Waals surface area contributed by atoms with Crippen LogP contribution in [0.2, 0.25) is 0 Å². The predicted molar refractivity (Wildman–Crippen MR) is 116 cm³/mol. The van der Waals surface area contributed by atoms with E-state index in [9.17, 15) is 9.59 Å². The lowest BCUT2D eigenvalue weighted by molar-refractivity contribution is -0.123. The lowest BCUT2D eigenvalue weighted by atomic mass is 10.1. The molecule has 0 saturated carbocycles. The summed E-state index contributed by atoms with van der Waals surface area (Å²) >= 11 is 6.60. The van der Waals surface area contributed by atoms with Crippen LogP contribution in [0.1, 0.15) is 11.1 Å². The van der Waals surface area contributed by atoms with Gasteiger partial charge in [-0.2, -0.15) is 0 Å². The molecule has 2 aromatic rings. The summed E-state index contributed by atoms with van der Waals surface area (Å²) in [7, 11) is 1.60. The molecule has 0 spiro atoms. The van der Waals surface area contributed by atoms with Gasteiger partial charge in [0.15, 0.2) is 0 Å². The van der Waals surface area contributed by atoms with Crippen molar-refractivity contribution >= 4 is 46.2 Å². The van der Waals surface area contributed by atoms with E-state index in [2.05, 4.69) is 5.32 Å². The Labute approximate surface area is 173 Å². The van der Waals surface area contributed by atoms with Crippen molar-refractivity contribution < 1.29 is 14.3 Å². The molecule has 0 aliphatic carbocycles. The van der Waals surface area contributed by atoms with Crippen LogP contribution in [0, 0.1) is 0 Å². The minimum Gasteiger partial charge on any atom is -0.497 e. The Morgan fingerprint density at radius 2 is 2.00 bits per heavy atom. The van der Waals surface area contributed by atoms with Gasteiger partial charge in [-0.1, -0.05) is 66.4 Å². The maximum atomic E-state index is 12.6. The number of hydrogen-bond donors (Lipinski definition) is 1. The lowest BCUT2D eigenvalue weighted by Gasteiger charge is -2.14. The molecule has 7 heteroatoms. The average molecular weight is 413 g/mol. The third-order valence-corrected chi connectivity index (χ3v) is 5.51. The van der Waals surface area contributed by atoms with Crippen LogP contribution in [0.25, 0.3) is 6.08 Å². The Hall–Kier alpha value is -2.64. The van der Waals surface area contributed by atoms with Gasteiger partial charge in [-0.3, -0.25) is 14.5 Å². The Morgan fingerprint density at radius 1 is 1.21 bits per heavy atom. The zero-order chi connectivity index (χ0) is 19.9. The van der Waals surface area contributed by atoms with Crippen molar-refractivity contribution in [3.05, 3.63) is 70.6 Å². The molecule has 1 fully saturated rings. The summed E-state index contributed by atoms with van der Waals surface area (Å²) in [6, 6.07) is 17.0. The number of rotatable bonds is 7. The molecule has 3 rings (SSSR count). The maximum Gasteiger partial charge on any atom is 0.266 e. The minimum atomic E-state index is -0.143. The second-order valence-electron chi connectivity index (χ2n) is 6.12. The van der Waals surface area contributed by atoms with Crippen LogP contribution in [0.5, 0.6) is 5.75 Å². The molecule has 0 atom stereocenters. The van der Waals surface area contributed by atoms with Gasteiger partial charge >= 0.3 is 0 Å². The number of methoxy groups -OCH3 is 1. The fraction of sp³-hybridized carbons (Fsp3) is 0.190. The van der Waals surface area contributed by atoms with Gasteiger partial charge in [-0.05, 0) is 29.3 Å². The fourth-order valence-electron chi connectivity index (χ4n) is 2.73. The van der Waals surface area contributed by atoms with E-state index in [1.807, 2.05) is 54.6 Å². The van der Waals surface area contributed by atoms with Gasteiger partial charge in [0, 0.05) is 13.1 Å². The zero-order valence-electron chi connectivity index (χ0n) is 15.4. The highest BCUT2D eigenvalue weighted by Gasteiger charge is 2.31. The van der Waals surface area contributed by atoms with Gasteiger partial charge in [0.1, 0.15) is 10.1 Å². The first-order chi connectivity index (χ1) is 13.6. The van der Waals surface area contributed by atoms with Crippen molar-refractivity contribution in [3.8, 4) is 5.75 Å². The molecular weight excluding hydrogens is 392 g/mol. The number of benzene rings is 2. The molecule has 0 radical (unpaired) electrons. The third kappa shape index (κ3) is 5.21. The van der Waals surface area contributed by atoms with E-state index in [1.165, 1.54) is 16.7 Å². The first kappa shape index (κ1) is 20.1. The molecule has 0 bridgehead atoms. The second-order valence-corrected chi connectivity index (χ2v) is 7.80. The lowest BCUT2D eigenvalue weighted by Crippen LogP contribution is -2.37. The molecule has 1 aliphatic rings. The second kappa shape index (κ2) is 9.52. The molecule has 0 unspecified atom stereocenters.